The van der Waals surface area contributed by atoms with Crippen LogP contribution in [-0.2, 0) is 11.3 Å². The van der Waals surface area contributed by atoms with E-state index in [1.54, 1.807) is 12.4 Å². The second-order valence-corrected chi connectivity index (χ2v) is 2.81. The van der Waals surface area contributed by atoms with Gasteiger partial charge in [-0.1, -0.05) is 6.08 Å². The Bertz CT molecular complexity index is 339. The molecule has 0 aromatic carbocycles. The smallest absolute Gasteiger partial charge is 0.328 e. The number of allylic oxidation sites excluding steroid dienone is 1. The van der Waals surface area contributed by atoms with E-state index in [0.29, 0.717) is 6.54 Å². The number of aryl methyl sites for hydroxylation is 1. The zero-order chi connectivity index (χ0) is 9.84. The van der Waals surface area contributed by atoms with Crippen LogP contribution in [0.2, 0.25) is 0 Å². The van der Waals surface area contributed by atoms with Gasteiger partial charge in [-0.15, -0.1) is 0 Å². The lowest BCUT2D eigenvalue weighted by Crippen LogP contribution is -1.97. The molecule has 0 saturated heterocycles. The van der Waals surface area contributed by atoms with E-state index in [9.17, 15) is 4.79 Å². The number of aromatic nitrogens is 2. The van der Waals surface area contributed by atoms with Gasteiger partial charge in [-0.25, -0.2) is 9.78 Å². The quantitative estimate of drug-likeness (QED) is 0.709. The van der Waals surface area contributed by atoms with Crippen LogP contribution in [0.5, 0.6) is 0 Å². The van der Waals surface area contributed by atoms with E-state index in [2.05, 4.69) is 4.98 Å². The fourth-order valence-electron chi connectivity index (χ4n) is 0.995. The number of imidazole rings is 1. The fourth-order valence-corrected chi connectivity index (χ4v) is 0.995. The van der Waals surface area contributed by atoms with Crippen molar-refractivity contribution < 1.29 is 9.90 Å². The summed E-state index contributed by atoms with van der Waals surface area (Å²) in [5.74, 6) is -0.922. The Morgan fingerprint density at radius 3 is 2.85 bits per heavy atom. The lowest BCUT2D eigenvalue weighted by atomic mass is 10.4. The summed E-state index contributed by atoms with van der Waals surface area (Å²) in [6.45, 7) is 4.43. The van der Waals surface area contributed by atoms with E-state index in [0.717, 1.165) is 17.5 Å². The van der Waals surface area contributed by atoms with Crippen molar-refractivity contribution in [2.24, 2.45) is 0 Å². The average molecular weight is 180 g/mol. The lowest BCUT2D eigenvalue weighted by Gasteiger charge is -1.99. The maximum atomic E-state index is 10.2. The van der Waals surface area contributed by atoms with Crippen molar-refractivity contribution in [1.29, 1.82) is 0 Å². The molecule has 70 valence electrons. The highest BCUT2D eigenvalue weighted by Crippen LogP contribution is 2.03. The number of hydrogen-bond acceptors (Lipinski definition) is 2. The highest BCUT2D eigenvalue weighted by atomic mass is 16.4. The molecule has 1 heterocycles. The molecule has 1 aromatic rings. The molecule has 0 bridgehead atoms. The molecule has 0 saturated carbocycles. The third-order valence-electron chi connectivity index (χ3n) is 1.91. The molecule has 0 aliphatic rings. The first-order chi connectivity index (χ1) is 6.11. The minimum atomic E-state index is -0.922. The van der Waals surface area contributed by atoms with Crippen LogP contribution in [0.15, 0.2) is 18.5 Å². The molecule has 0 atom stereocenters. The van der Waals surface area contributed by atoms with Crippen LogP contribution in [0.4, 0.5) is 0 Å². The first-order valence-electron chi connectivity index (χ1n) is 3.99. The van der Waals surface area contributed by atoms with Crippen LogP contribution in [0.3, 0.4) is 0 Å². The largest absolute Gasteiger partial charge is 0.478 e. The van der Waals surface area contributed by atoms with Crippen molar-refractivity contribution in [3.8, 4) is 0 Å². The Morgan fingerprint density at radius 1 is 1.69 bits per heavy atom. The molecule has 1 rings (SSSR count). The van der Waals surface area contributed by atoms with Crippen molar-refractivity contribution >= 4 is 5.97 Å². The zero-order valence-electron chi connectivity index (χ0n) is 7.69. The molecule has 0 aliphatic carbocycles. The number of aliphatic carboxylic acids is 1. The van der Waals surface area contributed by atoms with Crippen molar-refractivity contribution in [3.63, 3.8) is 0 Å². The normalized spacial score (nSPS) is 10.9. The van der Waals surface area contributed by atoms with Gasteiger partial charge in [-0.05, 0) is 13.8 Å². The van der Waals surface area contributed by atoms with Crippen molar-refractivity contribution in [1.82, 2.24) is 9.55 Å². The molecule has 0 spiro atoms. The summed E-state index contributed by atoms with van der Waals surface area (Å²) in [6, 6.07) is 0. The standard InChI is InChI=1S/C9H12N2O2/c1-7-8(2)11(6-10-7)5-3-4-9(12)13/h3-4,6H,5H2,1-2H3,(H,12,13). The van der Waals surface area contributed by atoms with Gasteiger partial charge in [-0.3, -0.25) is 0 Å². The van der Waals surface area contributed by atoms with E-state index in [1.807, 2.05) is 18.4 Å². The summed E-state index contributed by atoms with van der Waals surface area (Å²) in [4.78, 5) is 14.3. The monoisotopic (exact) mass is 180 g/mol. The molecule has 1 aromatic heterocycles. The minimum Gasteiger partial charge on any atom is -0.478 e. The predicted molar refractivity (Wildman–Crippen MR) is 48.5 cm³/mol. The van der Waals surface area contributed by atoms with E-state index >= 15 is 0 Å². The van der Waals surface area contributed by atoms with Gasteiger partial charge in [0, 0.05) is 18.3 Å². The average Bonchev–Trinajstić information content (AvgIpc) is 2.35. The molecule has 13 heavy (non-hydrogen) atoms. The third kappa shape index (κ3) is 2.43. The number of carbonyl (C=O) groups is 1. The topological polar surface area (TPSA) is 55.1 Å². The molecule has 0 aliphatic heterocycles. The Hall–Kier alpha value is -1.58. The summed E-state index contributed by atoms with van der Waals surface area (Å²) in [5.41, 5.74) is 2.04. The number of carboxylic acid groups (broad SMARTS) is 1. The first kappa shape index (κ1) is 9.51. The molecular weight excluding hydrogens is 168 g/mol. The van der Waals surface area contributed by atoms with E-state index in [-0.39, 0.29) is 0 Å². The molecule has 0 fully saturated rings. The number of hydrogen-bond donors (Lipinski definition) is 1. The van der Waals surface area contributed by atoms with Gasteiger partial charge in [0.1, 0.15) is 0 Å². The van der Waals surface area contributed by atoms with Gasteiger partial charge >= 0.3 is 5.97 Å². The number of rotatable bonds is 3. The van der Waals surface area contributed by atoms with Gasteiger partial charge in [0.15, 0.2) is 0 Å². The van der Waals surface area contributed by atoms with E-state index in [1.165, 1.54) is 0 Å². The van der Waals surface area contributed by atoms with Crippen molar-refractivity contribution in [2.45, 2.75) is 20.4 Å². The molecule has 0 radical (unpaired) electrons. The Kier molecular flexibility index (Phi) is 2.84. The minimum absolute atomic E-state index is 0.555. The first-order valence-corrected chi connectivity index (χ1v) is 3.99. The van der Waals surface area contributed by atoms with Crippen LogP contribution >= 0.6 is 0 Å². The zero-order valence-corrected chi connectivity index (χ0v) is 7.69. The highest BCUT2D eigenvalue weighted by Gasteiger charge is 1.98. The summed E-state index contributed by atoms with van der Waals surface area (Å²) in [5, 5.41) is 8.35. The summed E-state index contributed by atoms with van der Waals surface area (Å²) < 4.78 is 1.90. The molecule has 1 N–H and O–H groups in total. The second-order valence-electron chi connectivity index (χ2n) is 2.81. The Morgan fingerprint density at radius 2 is 2.38 bits per heavy atom. The van der Waals surface area contributed by atoms with Crippen LogP contribution in [0.25, 0.3) is 0 Å². The fraction of sp³-hybridized carbons (Fsp3) is 0.333. The van der Waals surface area contributed by atoms with Gasteiger partial charge in [0.05, 0.1) is 12.0 Å². The van der Waals surface area contributed by atoms with Gasteiger partial charge in [0.25, 0.3) is 0 Å². The third-order valence-corrected chi connectivity index (χ3v) is 1.91. The van der Waals surface area contributed by atoms with Crippen LogP contribution in [-0.4, -0.2) is 20.6 Å². The van der Waals surface area contributed by atoms with E-state index in [4.69, 9.17) is 5.11 Å². The summed E-state index contributed by atoms with van der Waals surface area (Å²) in [6.07, 6.45) is 4.43. The van der Waals surface area contributed by atoms with Crippen LogP contribution in [0, 0.1) is 13.8 Å². The molecule has 0 unspecified atom stereocenters. The van der Waals surface area contributed by atoms with E-state index < -0.39 is 5.97 Å². The maximum Gasteiger partial charge on any atom is 0.328 e. The van der Waals surface area contributed by atoms with Gasteiger partial charge < -0.3 is 9.67 Å². The highest BCUT2D eigenvalue weighted by molar-refractivity contribution is 5.79. The Labute approximate surface area is 76.5 Å². The van der Waals surface area contributed by atoms with Crippen molar-refractivity contribution in [3.05, 3.63) is 29.9 Å². The van der Waals surface area contributed by atoms with Gasteiger partial charge in [-0.2, -0.15) is 0 Å². The molecular formula is C9H12N2O2. The second kappa shape index (κ2) is 3.89. The summed E-state index contributed by atoms with van der Waals surface area (Å²) in [7, 11) is 0. The lowest BCUT2D eigenvalue weighted by molar-refractivity contribution is -0.131. The molecule has 0 amide bonds. The Balaban J connectivity index is 2.65. The predicted octanol–water partition coefficient (Wildman–Crippen LogP) is 1.14. The SMILES string of the molecule is Cc1ncn(CC=CC(=O)O)c1C. The van der Waals surface area contributed by atoms with Gasteiger partial charge in [0.2, 0.25) is 0 Å². The van der Waals surface area contributed by atoms with Crippen LogP contribution in [0.1, 0.15) is 11.4 Å². The molecule has 4 nitrogen and oxygen atoms in total. The number of carboxylic acids is 1. The number of nitrogens with zero attached hydrogens (tertiary/aromatic N) is 2. The molecule has 4 heteroatoms. The van der Waals surface area contributed by atoms with Crippen molar-refractivity contribution in [2.75, 3.05) is 0 Å². The maximum absolute atomic E-state index is 10.2. The summed E-state index contributed by atoms with van der Waals surface area (Å²) >= 11 is 0. The van der Waals surface area contributed by atoms with Crippen LogP contribution < -0.4 is 0 Å².